The number of amides is 1. The molecule has 0 saturated heterocycles. The molecule has 0 unspecified atom stereocenters. The quantitative estimate of drug-likeness (QED) is 0.740. The number of nitrogens with zero attached hydrogens (tertiary/aromatic N) is 1. The van der Waals surface area contributed by atoms with E-state index >= 15 is 0 Å². The Hall–Kier alpha value is -2.55. The predicted octanol–water partition coefficient (Wildman–Crippen LogP) is 1.79. The number of para-hydroxylation sites is 1. The van der Waals surface area contributed by atoms with Crippen LogP contribution in [0.2, 0.25) is 0 Å². The molecule has 1 N–H and O–H groups in total. The standard InChI is InChI=1S/C16H20N2O4/c1-3-13(4-2)18-15(19)10-22-16(20)11-21-14-8-6-5-7-12(14)9-17/h5-8,13H,3-4,10-11H2,1-2H3,(H,18,19). The van der Waals surface area contributed by atoms with Crippen molar-refractivity contribution in [2.45, 2.75) is 32.7 Å². The fourth-order valence-corrected chi connectivity index (χ4v) is 1.77. The summed E-state index contributed by atoms with van der Waals surface area (Å²) in [5, 5.41) is 11.7. The summed E-state index contributed by atoms with van der Waals surface area (Å²) in [5.74, 6) is -0.685. The van der Waals surface area contributed by atoms with Crippen molar-refractivity contribution in [3.05, 3.63) is 29.8 Å². The lowest BCUT2D eigenvalue weighted by atomic mass is 10.2. The molecule has 0 saturated carbocycles. The van der Waals surface area contributed by atoms with Gasteiger partial charge in [-0.15, -0.1) is 0 Å². The van der Waals surface area contributed by atoms with E-state index in [1.807, 2.05) is 19.9 Å². The molecule has 0 atom stereocenters. The summed E-state index contributed by atoms with van der Waals surface area (Å²) in [7, 11) is 0. The van der Waals surface area contributed by atoms with Crippen LogP contribution in [-0.4, -0.2) is 31.1 Å². The Morgan fingerprint density at radius 1 is 1.23 bits per heavy atom. The van der Waals surface area contributed by atoms with Gasteiger partial charge in [-0.25, -0.2) is 4.79 Å². The zero-order valence-corrected chi connectivity index (χ0v) is 12.8. The third kappa shape index (κ3) is 5.83. The van der Waals surface area contributed by atoms with Gasteiger partial charge in [0.1, 0.15) is 11.8 Å². The molecule has 1 amide bonds. The number of esters is 1. The number of carbonyl (C=O) groups excluding carboxylic acids is 2. The number of carbonyl (C=O) groups is 2. The smallest absolute Gasteiger partial charge is 0.344 e. The highest BCUT2D eigenvalue weighted by molar-refractivity contribution is 5.81. The summed E-state index contributed by atoms with van der Waals surface area (Å²) in [6, 6.07) is 8.63. The van der Waals surface area contributed by atoms with E-state index in [2.05, 4.69) is 5.32 Å². The van der Waals surface area contributed by atoms with E-state index in [4.69, 9.17) is 14.7 Å². The average Bonchev–Trinajstić information content (AvgIpc) is 2.56. The third-order valence-electron chi connectivity index (χ3n) is 3.07. The van der Waals surface area contributed by atoms with Crippen molar-refractivity contribution in [2.75, 3.05) is 13.2 Å². The molecule has 0 heterocycles. The molecule has 0 aliphatic rings. The Kier molecular flexibility index (Phi) is 7.48. The van der Waals surface area contributed by atoms with Crippen LogP contribution in [0.25, 0.3) is 0 Å². The molecule has 0 fully saturated rings. The van der Waals surface area contributed by atoms with Gasteiger partial charge in [-0.2, -0.15) is 5.26 Å². The van der Waals surface area contributed by atoms with Gasteiger partial charge in [-0.3, -0.25) is 4.79 Å². The first kappa shape index (κ1) is 17.5. The molecule has 0 aliphatic carbocycles. The van der Waals surface area contributed by atoms with Crippen LogP contribution in [0.15, 0.2) is 24.3 Å². The predicted molar refractivity (Wildman–Crippen MR) is 80.1 cm³/mol. The molecule has 118 valence electrons. The molecule has 0 radical (unpaired) electrons. The van der Waals surface area contributed by atoms with E-state index in [1.54, 1.807) is 24.3 Å². The van der Waals surface area contributed by atoms with Crippen LogP contribution >= 0.6 is 0 Å². The van der Waals surface area contributed by atoms with Crippen LogP contribution in [0.1, 0.15) is 32.3 Å². The summed E-state index contributed by atoms with van der Waals surface area (Å²) in [5.41, 5.74) is 0.335. The van der Waals surface area contributed by atoms with Crippen molar-refractivity contribution < 1.29 is 19.1 Å². The van der Waals surface area contributed by atoms with Crippen LogP contribution in [0, 0.1) is 11.3 Å². The van der Waals surface area contributed by atoms with E-state index in [-0.39, 0.29) is 25.2 Å². The fourth-order valence-electron chi connectivity index (χ4n) is 1.77. The molecule has 0 aromatic heterocycles. The molecule has 1 rings (SSSR count). The van der Waals surface area contributed by atoms with Crippen molar-refractivity contribution in [1.29, 1.82) is 5.26 Å². The highest BCUT2D eigenvalue weighted by Gasteiger charge is 2.12. The largest absolute Gasteiger partial charge is 0.481 e. The third-order valence-corrected chi connectivity index (χ3v) is 3.07. The van der Waals surface area contributed by atoms with Gasteiger partial charge in [-0.1, -0.05) is 26.0 Å². The number of nitrogens with one attached hydrogen (secondary N) is 1. The maximum absolute atomic E-state index is 11.6. The van der Waals surface area contributed by atoms with Crippen LogP contribution in [0.5, 0.6) is 5.75 Å². The van der Waals surface area contributed by atoms with Gasteiger partial charge in [0.15, 0.2) is 13.2 Å². The highest BCUT2D eigenvalue weighted by Crippen LogP contribution is 2.16. The topological polar surface area (TPSA) is 88.4 Å². The monoisotopic (exact) mass is 304 g/mol. The van der Waals surface area contributed by atoms with Crippen LogP contribution in [-0.2, 0) is 14.3 Å². The Labute approximate surface area is 130 Å². The van der Waals surface area contributed by atoms with Gasteiger partial charge in [0, 0.05) is 6.04 Å². The van der Waals surface area contributed by atoms with Crippen molar-refractivity contribution >= 4 is 11.9 Å². The van der Waals surface area contributed by atoms with Crippen molar-refractivity contribution in [1.82, 2.24) is 5.32 Å². The van der Waals surface area contributed by atoms with Crippen molar-refractivity contribution in [3.63, 3.8) is 0 Å². The minimum atomic E-state index is -0.660. The van der Waals surface area contributed by atoms with E-state index in [1.165, 1.54) is 0 Å². The average molecular weight is 304 g/mol. The molecule has 0 aliphatic heterocycles. The second kappa shape index (κ2) is 9.40. The van der Waals surface area contributed by atoms with E-state index in [0.717, 1.165) is 12.8 Å². The number of benzene rings is 1. The van der Waals surface area contributed by atoms with Crippen LogP contribution in [0.3, 0.4) is 0 Å². The van der Waals surface area contributed by atoms with E-state index < -0.39 is 5.97 Å². The van der Waals surface area contributed by atoms with Gasteiger partial charge in [0.05, 0.1) is 5.56 Å². The lowest BCUT2D eigenvalue weighted by Crippen LogP contribution is -2.37. The normalized spacial score (nSPS) is 9.91. The Morgan fingerprint density at radius 3 is 2.55 bits per heavy atom. The molecule has 0 bridgehead atoms. The summed E-state index contributed by atoms with van der Waals surface area (Å²) in [4.78, 5) is 23.1. The zero-order valence-electron chi connectivity index (χ0n) is 12.8. The fraction of sp³-hybridized carbons (Fsp3) is 0.438. The molecule has 22 heavy (non-hydrogen) atoms. The van der Waals surface area contributed by atoms with Crippen molar-refractivity contribution in [2.24, 2.45) is 0 Å². The maximum Gasteiger partial charge on any atom is 0.344 e. The van der Waals surface area contributed by atoms with Gasteiger partial charge >= 0.3 is 5.97 Å². The maximum atomic E-state index is 11.6. The number of ether oxygens (including phenoxy) is 2. The molecule has 1 aromatic rings. The minimum Gasteiger partial charge on any atom is -0.481 e. The first-order valence-electron chi connectivity index (χ1n) is 7.17. The summed E-state index contributed by atoms with van der Waals surface area (Å²) in [6.45, 7) is 3.26. The summed E-state index contributed by atoms with van der Waals surface area (Å²) >= 11 is 0. The number of rotatable bonds is 8. The molecule has 1 aromatic carbocycles. The van der Waals surface area contributed by atoms with E-state index in [9.17, 15) is 9.59 Å². The Balaban J connectivity index is 2.35. The Bertz CT molecular complexity index is 547. The van der Waals surface area contributed by atoms with E-state index in [0.29, 0.717) is 11.3 Å². The molecular formula is C16H20N2O4. The second-order valence-corrected chi connectivity index (χ2v) is 4.64. The minimum absolute atomic E-state index is 0.0879. The van der Waals surface area contributed by atoms with Gasteiger partial charge in [0.25, 0.3) is 5.91 Å². The highest BCUT2D eigenvalue weighted by atomic mass is 16.6. The SMILES string of the molecule is CCC(CC)NC(=O)COC(=O)COc1ccccc1C#N. The first-order valence-corrected chi connectivity index (χ1v) is 7.17. The molecule has 0 spiro atoms. The zero-order chi connectivity index (χ0) is 16.4. The molecular weight excluding hydrogens is 284 g/mol. The summed E-state index contributed by atoms with van der Waals surface area (Å²) < 4.78 is 10.0. The second-order valence-electron chi connectivity index (χ2n) is 4.64. The Morgan fingerprint density at radius 2 is 1.91 bits per heavy atom. The lowest BCUT2D eigenvalue weighted by molar-refractivity contribution is -0.150. The van der Waals surface area contributed by atoms with Crippen LogP contribution in [0.4, 0.5) is 0 Å². The van der Waals surface area contributed by atoms with Gasteiger partial charge < -0.3 is 14.8 Å². The lowest BCUT2D eigenvalue weighted by Gasteiger charge is -2.14. The first-order chi connectivity index (χ1) is 10.6. The molecule has 6 nitrogen and oxygen atoms in total. The number of hydrogen-bond donors (Lipinski definition) is 1. The summed E-state index contributed by atoms with van der Waals surface area (Å²) in [6.07, 6.45) is 1.65. The van der Waals surface area contributed by atoms with Crippen molar-refractivity contribution in [3.8, 4) is 11.8 Å². The number of nitriles is 1. The molecule has 6 heteroatoms. The van der Waals surface area contributed by atoms with Gasteiger partial charge in [-0.05, 0) is 25.0 Å². The number of hydrogen-bond acceptors (Lipinski definition) is 5. The van der Waals surface area contributed by atoms with Gasteiger partial charge in [0.2, 0.25) is 0 Å². The van der Waals surface area contributed by atoms with Crippen LogP contribution < -0.4 is 10.1 Å².